The molecular formula is C27H22F11NO3S. The Morgan fingerprint density at radius 1 is 0.837 bits per heavy atom. The summed E-state index contributed by atoms with van der Waals surface area (Å²) < 4.78 is 178. The van der Waals surface area contributed by atoms with Crippen LogP contribution in [-0.2, 0) is 31.5 Å². The number of carbonyl (C=O) groups is 1. The maximum Gasteiger partial charge on any atom is 0.435 e. The zero-order valence-electron chi connectivity index (χ0n) is 21.8. The molecule has 1 aliphatic heterocycles. The number of benzene rings is 2. The molecule has 236 valence electrons. The third kappa shape index (κ3) is 4.20. The van der Waals surface area contributed by atoms with E-state index >= 15 is 0 Å². The van der Waals surface area contributed by atoms with E-state index in [0.29, 0.717) is 6.07 Å². The first-order chi connectivity index (χ1) is 19.6. The van der Waals surface area contributed by atoms with Gasteiger partial charge in [-0.2, -0.15) is 39.5 Å². The van der Waals surface area contributed by atoms with Crippen molar-refractivity contribution in [2.24, 2.45) is 5.41 Å². The molecule has 43 heavy (non-hydrogen) atoms. The highest BCUT2D eigenvalue weighted by atomic mass is 32.2. The lowest BCUT2D eigenvalue weighted by Crippen LogP contribution is -2.60. The number of alkyl halides is 10. The van der Waals surface area contributed by atoms with Crippen molar-refractivity contribution in [3.8, 4) is 0 Å². The molecule has 0 radical (unpaired) electrons. The van der Waals surface area contributed by atoms with Gasteiger partial charge in [-0.25, -0.2) is 17.2 Å². The average Bonchev–Trinajstić information content (AvgIpc) is 3.27. The Hall–Kier alpha value is -2.91. The number of amides is 1. The first-order valence-corrected chi connectivity index (χ1v) is 14.5. The number of nitrogens with zero attached hydrogens (tertiary/aromatic N) is 1. The van der Waals surface area contributed by atoms with Gasteiger partial charge in [0.25, 0.3) is 0 Å². The predicted octanol–water partition coefficient (Wildman–Crippen LogP) is 7.06. The molecule has 2 aliphatic carbocycles. The minimum absolute atomic E-state index is 0.0811. The van der Waals surface area contributed by atoms with Crippen LogP contribution in [0.4, 0.5) is 48.3 Å². The molecule has 2 aromatic rings. The van der Waals surface area contributed by atoms with Gasteiger partial charge < -0.3 is 4.90 Å². The predicted molar refractivity (Wildman–Crippen MR) is 127 cm³/mol. The molecule has 5 rings (SSSR count). The number of sulfone groups is 1. The summed E-state index contributed by atoms with van der Waals surface area (Å²) in [4.78, 5) is 13.7. The van der Waals surface area contributed by atoms with Crippen molar-refractivity contribution in [2.75, 3.05) is 6.54 Å². The largest absolute Gasteiger partial charge is 0.435 e. The summed E-state index contributed by atoms with van der Waals surface area (Å²) in [7, 11) is -4.81. The van der Waals surface area contributed by atoms with E-state index in [2.05, 4.69) is 0 Å². The van der Waals surface area contributed by atoms with Crippen LogP contribution in [-0.4, -0.2) is 50.3 Å². The molecule has 2 fully saturated rings. The van der Waals surface area contributed by atoms with Crippen LogP contribution >= 0.6 is 0 Å². The van der Waals surface area contributed by atoms with E-state index in [1.165, 1.54) is 0 Å². The van der Waals surface area contributed by atoms with Crippen molar-refractivity contribution in [3.63, 3.8) is 0 Å². The standard InChI is InChI=1S/C27H22F11NO3S/c28-17-4-6-18(7-5-17)43(41,42)23-12-13-39(21(40)22(10-1-11-22)25(30,31)32)20(23)9-2-15-14-16(3-8-19(15)23)24(29,26(33,34)35)27(36,37)38/h3-8,14,20H,1-2,9-13H2/t20-,23-/m1/s1. The maximum atomic E-state index is 14.9. The minimum atomic E-state index is -6.44. The monoisotopic (exact) mass is 649 g/mol. The average molecular weight is 650 g/mol. The van der Waals surface area contributed by atoms with E-state index in [1.54, 1.807) is 0 Å². The van der Waals surface area contributed by atoms with Gasteiger partial charge in [-0.1, -0.05) is 24.6 Å². The van der Waals surface area contributed by atoms with Crippen molar-refractivity contribution in [3.05, 3.63) is 65.0 Å². The number of rotatable bonds is 4. The highest BCUT2D eigenvalue weighted by Gasteiger charge is 2.74. The van der Waals surface area contributed by atoms with Gasteiger partial charge >= 0.3 is 24.2 Å². The molecule has 0 bridgehead atoms. The molecule has 1 saturated carbocycles. The molecule has 1 saturated heterocycles. The smallest absolute Gasteiger partial charge is 0.337 e. The van der Waals surface area contributed by atoms with Crippen LogP contribution in [0.3, 0.4) is 0 Å². The molecule has 0 aromatic heterocycles. The van der Waals surface area contributed by atoms with Gasteiger partial charge in [0.05, 0.1) is 10.9 Å². The van der Waals surface area contributed by atoms with Crippen LogP contribution in [0.2, 0.25) is 0 Å². The normalized spacial score (nSPS) is 24.3. The zero-order chi connectivity index (χ0) is 32.0. The first-order valence-electron chi connectivity index (χ1n) is 13.0. The van der Waals surface area contributed by atoms with Gasteiger partial charge in [0.2, 0.25) is 5.91 Å². The summed E-state index contributed by atoms with van der Waals surface area (Å²) in [6, 6.07) is 2.77. The fourth-order valence-electron chi connectivity index (χ4n) is 6.72. The van der Waals surface area contributed by atoms with Gasteiger partial charge in [0.15, 0.2) is 9.84 Å². The van der Waals surface area contributed by atoms with E-state index in [9.17, 15) is 61.5 Å². The topological polar surface area (TPSA) is 54.5 Å². The maximum absolute atomic E-state index is 14.9. The lowest BCUT2D eigenvalue weighted by Gasteiger charge is -2.47. The Balaban J connectivity index is 1.71. The molecule has 4 nitrogen and oxygen atoms in total. The molecule has 16 heteroatoms. The minimum Gasteiger partial charge on any atom is -0.337 e. The van der Waals surface area contributed by atoms with E-state index < -0.39 is 117 Å². The fourth-order valence-corrected chi connectivity index (χ4v) is 9.09. The molecule has 0 N–H and O–H groups in total. The second-order valence-electron chi connectivity index (χ2n) is 11.1. The summed E-state index contributed by atoms with van der Waals surface area (Å²) in [5.74, 6) is -2.22. The second kappa shape index (κ2) is 9.54. The number of aryl methyl sites for hydroxylation is 1. The van der Waals surface area contributed by atoms with E-state index in [-0.39, 0.29) is 24.1 Å². The van der Waals surface area contributed by atoms with Crippen molar-refractivity contribution in [1.29, 1.82) is 0 Å². The quantitative estimate of drug-likeness (QED) is 0.263. The lowest BCUT2D eigenvalue weighted by atomic mass is 9.66. The number of fused-ring (bicyclic) bond motifs is 3. The molecule has 0 unspecified atom stereocenters. The number of halogens is 11. The summed E-state index contributed by atoms with van der Waals surface area (Å²) in [6.45, 7) is -0.527. The number of likely N-dealkylation sites (tertiary alicyclic amines) is 1. The van der Waals surface area contributed by atoms with Crippen LogP contribution in [0.15, 0.2) is 47.4 Å². The van der Waals surface area contributed by atoms with Crippen LogP contribution in [0, 0.1) is 11.2 Å². The summed E-state index contributed by atoms with van der Waals surface area (Å²) in [6.07, 6.45) is -20.4. The molecule has 3 aliphatic rings. The highest BCUT2D eigenvalue weighted by molar-refractivity contribution is 7.92. The van der Waals surface area contributed by atoms with Crippen molar-refractivity contribution < 1.29 is 61.5 Å². The molecule has 2 atom stereocenters. The van der Waals surface area contributed by atoms with Crippen molar-refractivity contribution >= 4 is 15.7 Å². The molecule has 1 heterocycles. The Morgan fingerprint density at radius 2 is 1.42 bits per heavy atom. The van der Waals surface area contributed by atoms with Crippen LogP contribution in [0.5, 0.6) is 0 Å². The van der Waals surface area contributed by atoms with Crippen LogP contribution < -0.4 is 0 Å². The second-order valence-corrected chi connectivity index (χ2v) is 13.3. The van der Waals surface area contributed by atoms with Crippen molar-refractivity contribution in [2.45, 2.75) is 78.4 Å². The number of hydrogen-bond donors (Lipinski definition) is 0. The summed E-state index contributed by atoms with van der Waals surface area (Å²) in [5.41, 5.74) is -11.2. The third-order valence-corrected chi connectivity index (χ3v) is 11.6. The van der Waals surface area contributed by atoms with E-state index in [4.69, 9.17) is 0 Å². The van der Waals surface area contributed by atoms with Gasteiger partial charge in [0.1, 0.15) is 16.0 Å². The highest BCUT2D eigenvalue weighted by Crippen LogP contribution is 2.59. The van der Waals surface area contributed by atoms with Gasteiger partial charge in [-0.05, 0) is 67.5 Å². The molecule has 2 aromatic carbocycles. The zero-order valence-corrected chi connectivity index (χ0v) is 22.6. The molecule has 0 spiro atoms. The SMILES string of the molecule is O=C(N1CC[C@@]2(S(=O)(=O)c3ccc(F)cc3)c3ccc(C(F)(C(F)(F)F)C(F)(F)F)cc3CC[C@@H]12)C1(C(F)(F)F)CCC1. The Labute approximate surface area is 237 Å². The summed E-state index contributed by atoms with van der Waals surface area (Å²) in [5, 5.41) is 0. The first kappa shape index (κ1) is 31.5. The molecular weight excluding hydrogens is 627 g/mol. The van der Waals surface area contributed by atoms with Crippen LogP contribution in [0.1, 0.15) is 48.8 Å². The Morgan fingerprint density at radius 3 is 1.91 bits per heavy atom. The van der Waals surface area contributed by atoms with Gasteiger partial charge in [-0.3, -0.25) is 4.79 Å². The summed E-state index contributed by atoms with van der Waals surface area (Å²) >= 11 is 0. The Bertz CT molecular complexity index is 1530. The van der Waals surface area contributed by atoms with E-state index in [1.807, 2.05) is 0 Å². The Kier molecular flexibility index (Phi) is 6.99. The van der Waals surface area contributed by atoms with Gasteiger partial charge in [-0.15, -0.1) is 0 Å². The van der Waals surface area contributed by atoms with Crippen molar-refractivity contribution in [1.82, 2.24) is 4.90 Å². The number of hydrogen-bond acceptors (Lipinski definition) is 3. The lowest BCUT2D eigenvalue weighted by molar-refractivity contribution is -0.348. The van der Waals surface area contributed by atoms with Crippen LogP contribution in [0.25, 0.3) is 0 Å². The van der Waals surface area contributed by atoms with Gasteiger partial charge in [0, 0.05) is 12.1 Å². The number of carbonyl (C=O) groups excluding carboxylic acids is 1. The fraction of sp³-hybridized carbons (Fsp3) is 0.519. The van der Waals surface area contributed by atoms with E-state index in [0.717, 1.165) is 29.2 Å². The third-order valence-electron chi connectivity index (χ3n) is 9.09. The molecule has 1 amide bonds.